The van der Waals surface area contributed by atoms with Crippen molar-refractivity contribution in [3.8, 4) is 11.3 Å². The van der Waals surface area contributed by atoms with Gasteiger partial charge in [0.2, 0.25) is 0 Å². The number of carbonyl (C=O) groups is 1. The van der Waals surface area contributed by atoms with Crippen molar-refractivity contribution >= 4 is 22.2 Å². The highest BCUT2D eigenvalue weighted by Gasteiger charge is 2.26. The number of carbonyl (C=O) groups excluding carboxylic acids is 1. The predicted molar refractivity (Wildman–Crippen MR) is 97.5 cm³/mol. The summed E-state index contributed by atoms with van der Waals surface area (Å²) >= 11 is 1.50. The van der Waals surface area contributed by atoms with E-state index in [1.165, 1.54) is 17.8 Å². The van der Waals surface area contributed by atoms with Crippen LogP contribution in [-0.4, -0.2) is 33.3 Å². The molecule has 1 aromatic carbocycles. The highest BCUT2D eigenvalue weighted by molar-refractivity contribution is 7.19. The Morgan fingerprint density at radius 2 is 2.08 bits per heavy atom. The van der Waals surface area contributed by atoms with Crippen molar-refractivity contribution in [2.75, 3.05) is 13.1 Å². The minimum atomic E-state index is 0.163. The summed E-state index contributed by atoms with van der Waals surface area (Å²) in [6, 6.07) is 10.2. The highest BCUT2D eigenvalue weighted by atomic mass is 32.1. The maximum absolute atomic E-state index is 12.9. The van der Waals surface area contributed by atoms with Crippen LogP contribution in [0.4, 0.5) is 0 Å². The van der Waals surface area contributed by atoms with Gasteiger partial charge in [0.15, 0.2) is 4.96 Å². The summed E-state index contributed by atoms with van der Waals surface area (Å²) < 4.78 is 2.05. The summed E-state index contributed by atoms with van der Waals surface area (Å²) in [5.41, 5.74) is 3.05. The van der Waals surface area contributed by atoms with Crippen LogP contribution in [0.2, 0.25) is 0 Å². The lowest BCUT2D eigenvalue weighted by molar-refractivity contribution is 0.0687. The highest BCUT2D eigenvalue weighted by Crippen LogP contribution is 2.29. The first-order chi connectivity index (χ1) is 11.6. The third-order valence-corrected chi connectivity index (χ3v) is 5.91. The number of benzene rings is 1. The maximum atomic E-state index is 12.9. The van der Waals surface area contributed by atoms with Crippen LogP contribution in [0.5, 0.6) is 0 Å². The first kappa shape index (κ1) is 15.4. The topological polar surface area (TPSA) is 37.6 Å². The predicted octanol–water partition coefficient (Wildman–Crippen LogP) is 4.24. The van der Waals surface area contributed by atoms with Gasteiger partial charge in [0, 0.05) is 30.5 Å². The molecule has 1 amide bonds. The van der Waals surface area contributed by atoms with Gasteiger partial charge in [-0.2, -0.15) is 0 Å². The monoisotopic (exact) mass is 339 g/mol. The SMILES string of the molecule is Cc1c(C(=O)N2CCC[C@@H](C)C2)sc2nc(-c3ccccc3)cn12. The van der Waals surface area contributed by atoms with Gasteiger partial charge in [-0.3, -0.25) is 9.20 Å². The van der Waals surface area contributed by atoms with Crippen LogP contribution in [0, 0.1) is 12.8 Å². The Morgan fingerprint density at radius 3 is 2.79 bits per heavy atom. The summed E-state index contributed by atoms with van der Waals surface area (Å²) in [5, 5.41) is 0. The van der Waals surface area contributed by atoms with Gasteiger partial charge in [-0.15, -0.1) is 0 Å². The molecular formula is C19H21N3OS. The third-order valence-electron chi connectivity index (χ3n) is 4.76. The second-order valence-corrected chi connectivity index (χ2v) is 7.64. The molecule has 1 aliphatic heterocycles. The summed E-state index contributed by atoms with van der Waals surface area (Å²) in [7, 11) is 0. The van der Waals surface area contributed by atoms with Crippen LogP contribution < -0.4 is 0 Å². The molecule has 1 aliphatic rings. The van der Waals surface area contributed by atoms with Gasteiger partial charge in [0.25, 0.3) is 5.91 Å². The van der Waals surface area contributed by atoms with E-state index >= 15 is 0 Å². The van der Waals surface area contributed by atoms with Crippen LogP contribution in [0.25, 0.3) is 16.2 Å². The van der Waals surface area contributed by atoms with Crippen molar-refractivity contribution in [2.24, 2.45) is 5.92 Å². The molecule has 0 N–H and O–H groups in total. The number of aryl methyl sites for hydroxylation is 1. The van der Waals surface area contributed by atoms with Crippen molar-refractivity contribution in [3.63, 3.8) is 0 Å². The molecule has 4 rings (SSSR count). The van der Waals surface area contributed by atoms with E-state index in [0.29, 0.717) is 5.92 Å². The first-order valence-electron chi connectivity index (χ1n) is 8.46. The standard InChI is InChI=1S/C19H21N3OS/c1-13-7-6-10-21(11-13)18(23)17-14(2)22-12-16(20-19(22)24-17)15-8-4-3-5-9-15/h3-5,8-9,12-13H,6-7,10-11H2,1-2H3/t13-/m1/s1. The molecule has 1 fully saturated rings. The molecule has 124 valence electrons. The molecule has 4 nitrogen and oxygen atoms in total. The number of imidazole rings is 1. The third kappa shape index (κ3) is 2.63. The molecule has 0 saturated carbocycles. The van der Waals surface area contributed by atoms with Crippen molar-refractivity contribution < 1.29 is 4.79 Å². The minimum Gasteiger partial charge on any atom is -0.338 e. The molecule has 5 heteroatoms. The van der Waals surface area contributed by atoms with Crippen LogP contribution in [0.15, 0.2) is 36.5 Å². The molecule has 1 saturated heterocycles. The number of rotatable bonds is 2. The van der Waals surface area contributed by atoms with Crippen molar-refractivity contribution in [3.05, 3.63) is 47.1 Å². The second-order valence-electron chi connectivity index (χ2n) is 6.66. The van der Waals surface area contributed by atoms with Crippen LogP contribution in [0.3, 0.4) is 0 Å². The number of piperidine rings is 1. The Labute approximate surface area is 145 Å². The van der Waals surface area contributed by atoms with E-state index in [1.54, 1.807) is 0 Å². The van der Waals surface area contributed by atoms with Crippen LogP contribution in [0.1, 0.15) is 35.1 Å². The zero-order valence-corrected chi connectivity index (χ0v) is 14.8. The molecule has 24 heavy (non-hydrogen) atoms. The number of aromatic nitrogens is 2. The number of nitrogens with zero attached hydrogens (tertiary/aromatic N) is 3. The van der Waals surface area contributed by atoms with Gasteiger partial charge in [0.1, 0.15) is 4.88 Å². The Hall–Kier alpha value is -2.14. The molecular weight excluding hydrogens is 318 g/mol. The lowest BCUT2D eigenvalue weighted by Gasteiger charge is -2.30. The van der Waals surface area contributed by atoms with E-state index in [9.17, 15) is 4.79 Å². The van der Waals surface area contributed by atoms with E-state index in [0.717, 1.165) is 46.3 Å². The zero-order valence-electron chi connectivity index (χ0n) is 14.0. The fraction of sp³-hybridized carbons (Fsp3) is 0.368. The van der Waals surface area contributed by atoms with Gasteiger partial charge >= 0.3 is 0 Å². The average molecular weight is 339 g/mol. The fourth-order valence-electron chi connectivity index (χ4n) is 3.41. The first-order valence-corrected chi connectivity index (χ1v) is 9.28. The number of hydrogen-bond acceptors (Lipinski definition) is 3. The maximum Gasteiger partial charge on any atom is 0.265 e. The van der Waals surface area contributed by atoms with Crippen molar-refractivity contribution in [2.45, 2.75) is 26.7 Å². The largest absolute Gasteiger partial charge is 0.338 e. The Bertz CT molecular complexity index is 881. The molecule has 0 unspecified atom stereocenters. The lowest BCUT2D eigenvalue weighted by Crippen LogP contribution is -2.39. The van der Waals surface area contributed by atoms with Gasteiger partial charge in [-0.05, 0) is 25.7 Å². The van der Waals surface area contributed by atoms with Gasteiger partial charge < -0.3 is 4.90 Å². The lowest BCUT2D eigenvalue weighted by atomic mass is 10.0. The van der Waals surface area contributed by atoms with Crippen molar-refractivity contribution in [1.29, 1.82) is 0 Å². The van der Waals surface area contributed by atoms with E-state index < -0.39 is 0 Å². The Kier molecular flexibility index (Phi) is 3.88. The Balaban J connectivity index is 1.67. The molecule has 1 atom stereocenters. The minimum absolute atomic E-state index is 0.163. The Morgan fingerprint density at radius 1 is 1.29 bits per heavy atom. The number of hydrogen-bond donors (Lipinski definition) is 0. The molecule has 0 aliphatic carbocycles. The summed E-state index contributed by atoms with van der Waals surface area (Å²) in [5.74, 6) is 0.757. The zero-order chi connectivity index (χ0) is 16.7. The number of amides is 1. The number of fused-ring (bicyclic) bond motifs is 1. The number of likely N-dealkylation sites (tertiary alicyclic amines) is 1. The average Bonchev–Trinajstić information content (AvgIpc) is 3.15. The normalized spacial score (nSPS) is 18.2. The summed E-state index contributed by atoms with van der Waals surface area (Å²) in [4.78, 5) is 21.3. The molecule has 0 bridgehead atoms. The van der Waals surface area contributed by atoms with E-state index in [1.807, 2.05) is 40.6 Å². The quantitative estimate of drug-likeness (QED) is 0.700. The van der Waals surface area contributed by atoms with E-state index in [2.05, 4.69) is 19.1 Å². The van der Waals surface area contributed by atoms with Crippen LogP contribution >= 0.6 is 11.3 Å². The van der Waals surface area contributed by atoms with Gasteiger partial charge in [-0.25, -0.2) is 4.98 Å². The molecule has 2 aromatic heterocycles. The number of thiazole rings is 1. The molecule has 3 aromatic rings. The van der Waals surface area contributed by atoms with E-state index in [4.69, 9.17) is 4.98 Å². The summed E-state index contributed by atoms with van der Waals surface area (Å²) in [6.07, 6.45) is 4.36. The molecule has 3 heterocycles. The molecule has 0 radical (unpaired) electrons. The smallest absolute Gasteiger partial charge is 0.265 e. The summed E-state index contributed by atoms with van der Waals surface area (Å²) in [6.45, 7) is 5.98. The molecule has 0 spiro atoms. The second kappa shape index (κ2) is 6.06. The van der Waals surface area contributed by atoms with E-state index in [-0.39, 0.29) is 5.91 Å². The van der Waals surface area contributed by atoms with Crippen LogP contribution in [-0.2, 0) is 0 Å². The van der Waals surface area contributed by atoms with Crippen molar-refractivity contribution in [1.82, 2.24) is 14.3 Å². The van der Waals surface area contributed by atoms with Gasteiger partial charge in [-0.1, -0.05) is 48.6 Å². The fourth-order valence-corrected chi connectivity index (χ4v) is 4.49. The van der Waals surface area contributed by atoms with Gasteiger partial charge in [0.05, 0.1) is 5.69 Å².